The lowest BCUT2D eigenvalue weighted by Crippen LogP contribution is -2.31. The molecule has 0 radical (unpaired) electrons. The average Bonchev–Trinajstić information content (AvgIpc) is 3.10. The van der Waals surface area contributed by atoms with E-state index in [1.165, 1.54) is 4.90 Å². The Kier molecular flexibility index (Phi) is 12.2. The molecular weight excluding hydrogens is 598 g/mol. The van der Waals surface area contributed by atoms with Crippen molar-refractivity contribution in [2.45, 2.75) is 68.6 Å². The number of rotatable bonds is 14. The number of carbonyl (C=O) groups excluding carboxylic acids is 2. The number of unbranched alkanes of at least 4 members (excludes halogenated alkanes) is 1. The summed E-state index contributed by atoms with van der Waals surface area (Å²) in [4.78, 5) is 25.8. The van der Waals surface area contributed by atoms with Crippen LogP contribution in [0, 0.1) is 0 Å². The highest BCUT2D eigenvalue weighted by molar-refractivity contribution is 7.99. The van der Waals surface area contributed by atoms with Crippen molar-refractivity contribution in [3.8, 4) is 0 Å². The Morgan fingerprint density at radius 1 is 0.783 bits per heavy atom. The molecule has 1 fully saturated rings. The smallest absolute Gasteiger partial charge is 0.224 e. The van der Waals surface area contributed by atoms with Crippen molar-refractivity contribution in [3.05, 3.63) is 125 Å². The molecule has 4 aromatic rings. The Morgan fingerprint density at radius 2 is 1.43 bits per heavy atom. The maximum Gasteiger partial charge on any atom is 0.224 e. The molecule has 1 heterocycles. The fraction of sp³-hybridized carbons (Fsp3) is 0.297. The SMILES string of the molecule is Nc1ccccc1NC(=O)CCCCC(=O)NCc1ccc([C@@H]2O[C@H](CSc3ccccc3)C[C@H](c3ccc(CO)cc3)O2)cc1. The Hall–Kier alpha value is -4.15. The van der Waals surface area contributed by atoms with E-state index in [0.717, 1.165) is 34.4 Å². The van der Waals surface area contributed by atoms with Crippen LogP contribution in [0.2, 0.25) is 0 Å². The third-order valence-corrected chi connectivity index (χ3v) is 8.97. The number of amides is 2. The van der Waals surface area contributed by atoms with Crippen molar-refractivity contribution in [1.29, 1.82) is 0 Å². The van der Waals surface area contributed by atoms with Gasteiger partial charge in [0.1, 0.15) is 0 Å². The summed E-state index contributed by atoms with van der Waals surface area (Å²) in [6, 6.07) is 33.3. The van der Waals surface area contributed by atoms with E-state index in [9.17, 15) is 14.7 Å². The lowest BCUT2D eigenvalue weighted by Gasteiger charge is -2.36. The van der Waals surface area contributed by atoms with Crippen LogP contribution < -0.4 is 16.4 Å². The summed E-state index contributed by atoms with van der Waals surface area (Å²) in [5.41, 5.74) is 10.8. The third-order valence-electron chi connectivity index (χ3n) is 7.83. The molecular formula is C37H41N3O5S. The molecule has 4 aromatic carbocycles. The molecule has 1 saturated heterocycles. The first-order chi connectivity index (χ1) is 22.5. The Labute approximate surface area is 274 Å². The van der Waals surface area contributed by atoms with Gasteiger partial charge in [-0.05, 0) is 53.8 Å². The summed E-state index contributed by atoms with van der Waals surface area (Å²) in [6.07, 6.45) is 1.94. The predicted octanol–water partition coefficient (Wildman–Crippen LogP) is 6.91. The van der Waals surface area contributed by atoms with Gasteiger partial charge >= 0.3 is 0 Å². The number of ether oxygens (including phenoxy) is 2. The van der Waals surface area contributed by atoms with Gasteiger partial charge in [0.2, 0.25) is 11.8 Å². The second-order valence-corrected chi connectivity index (χ2v) is 12.4. The summed E-state index contributed by atoms with van der Waals surface area (Å²) in [5.74, 6) is 0.631. The standard InChI is InChI=1S/C37H41N3O5S/c38-32-10-4-5-11-33(32)40-36(43)13-7-6-12-35(42)39-23-26-14-20-29(21-15-26)37-44-30(25-46-31-8-2-1-3-9-31)22-34(45-37)28-18-16-27(24-41)17-19-28/h1-5,8-11,14-21,30,34,37,41H,6-7,12-13,22-25,38H2,(H,39,42)(H,40,43)/t30-,34+,37+/m0/s1. The van der Waals surface area contributed by atoms with E-state index in [0.29, 0.717) is 43.6 Å². The predicted molar refractivity (Wildman–Crippen MR) is 182 cm³/mol. The van der Waals surface area contributed by atoms with Crippen LogP contribution in [0.4, 0.5) is 11.4 Å². The van der Waals surface area contributed by atoms with Gasteiger partial charge in [-0.15, -0.1) is 11.8 Å². The Morgan fingerprint density at radius 3 is 2.15 bits per heavy atom. The van der Waals surface area contributed by atoms with Gasteiger partial charge in [0, 0.05) is 42.0 Å². The maximum absolute atomic E-state index is 12.4. The van der Waals surface area contributed by atoms with E-state index in [1.807, 2.05) is 78.9 Å². The molecule has 0 unspecified atom stereocenters. The highest BCUT2D eigenvalue weighted by atomic mass is 32.2. The molecule has 1 aliphatic rings. The second kappa shape index (κ2) is 17.0. The number of hydrogen-bond acceptors (Lipinski definition) is 7. The topological polar surface area (TPSA) is 123 Å². The van der Waals surface area contributed by atoms with Gasteiger partial charge in [-0.1, -0.05) is 78.9 Å². The average molecular weight is 640 g/mol. The van der Waals surface area contributed by atoms with E-state index in [2.05, 4.69) is 22.8 Å². The van der Waals surface area contributed by atoms with Gasteiger partial charge in [0.25, 0.3) is 0 Å². The van der Waals surface area contributed by atoms with Crippen LogP contribution in [0.1, 0.15) is 66.8 Å². The molecule has 8 nitrogen and oxygen atoms in total. The van der Waals surface area contributed by atoms with E-state index in [-0.39, 0.29) is 30.6 Å². The minimum atomic E-state index is -0.531. The number of hydrogen-bond donors (Lipinski definition) is 4. The minimum Gasteiger partial charge on any atom is -0.397 e. The molecule has 3 atom stereocenters. The lowest BCUT2D eigenvalue weighted by atomic mass is 10.0. The number of aliphatic hydroxyl groups is 1. The molecule has 0 aromatic heterocycles. The highest BCUT2D eigenvalue weighted by Gasteiger charge is 2.32. The van der Waals surface area contributed by atoms with Crippen LogP contribution >= 0.6 is 11.8 Å². The van der Waals surface area contributed by atoms with Gasteiger partial charge in [0.15, 0.2) is 6.29 Å². The Balaban J connectivity index is 1.10. The Bertz CT molecular complexity index is 1550. The number of thioether (sulfide) groups is 1. The molecule has 46 heavy (non-hydrogen) atoms. The number of carbonyl (C=O) groups is 2. The minimum absolute atomic E-state index is 0.00482. The molecule has 0 spiro atoms. The van der Waals surface area contributed by atoms with Crippen molar-refractivity contribution >= 4 is 35.0 Å². The molecule has 5 rings (SSSR count). The number of nitrogen functional groups attached to an aromatic ring is 1. The van der Waals surface area contributed by atoms with Gasteiger partial charge in [0.05, 0.1) is 30.2 Å². The van der Waals surface area contributed by atoms with Crippen molar-refractivity contribution < 1.29 is 24.2 Å². The molecule has 5 N–H and O–H groups in total. The molecule has 1 aliphatic heterocycles. The zero-order valence-electron chi connectivity index (χ0n) is 25.8. The van der Waals surface area contributed by atoms with E-state index < -0.39 is 6.29 Å². The number of aliphatic hydroxyl groups excluding tert-OH is 1. The van der Waals surface area contributed by atoms with Gasteiger partial charge in [-0.25, -0.2) is 0 Å². The lowest BCUT2D eigenvalue weighted by molar-refractivity contribution is -0.245. The summed E-state index contributed by atoms with van der Waals surface area (Å²) < 4.78 is 12.9. The van der Waals surface area contributed by atoms with Gasteiger partial charge in [-0.3, -0.25) is 9.59 Å². The maximum atomic E-state index is 12.4. The number of nitrogens with one attached hydrogen (secondary N) is 2. The van der Waals surface area contributed by atoms with Gasteiger partial charge < -0.3 is 30.9 Å². The first kappa shape index (κ1) is 33.2. The van der Waals surface area contributed by atoms with Crippen molar-refractivity contribution in [3.63, 3.8) is 0 Å². The molecule has 9 heteroatoms. The number of benzene rings is 4. The fourth-order valence-electron chi connectivity index (χ4n) is 5.20. The normalized spacial score (nSPS) is 17.7. The molecule has 240 valence electrons. The number of para-hydroxylation sites is 2. The second-order valence-electron chi connectivity index (χ2n) is 11.3. The number of nitrogens with two attached hydrogens (primary N) is 1. The third kappa shape index (κ3) is 9.92. The van der Waals surface area contributed by atoms with Crippen LogP contribution in [-0.4, -0.2) is 28.8 Å². The van der Waals surface area contributed by atoms with Gasteiger partial charge in [-0.2, -0.15) is 0 Å². The van der Waals surface area contributed by atoms with Crippen LogP contribution in [0.5, 0.6) is 0 Å². The largest absolute Gasteiger partial charge is 0.397 e. The molecule has 0 saturated carbocycles. The molecule has 0 aliphatic carbocycles. The van der Waals surface area contributed by atoms with Crippen LogP contribution in [0.25, 0.3) is 0 Å². The quantitative estimate of drug-likeness (QED) is 0.0672. The van der Waals surface area contributed by atoms with E-state index in [1.54, 1.807) is 23.9 Å². The highest BCUT2D eigenvalue weighted by Crippen LogP contribution is 2.39. The van der Waals surface area contributed by atoms with E-state index >= 15 is 0 Å². The van der Waals surface area contributed by atoms with Crippen molar-refractivity contribution in [2.24, 2.45) is 0 Å². The van der Waals surface area contributed by atoms with Crippen molar-refractivity contribution in [2.75, 3.05) is 16.8 Å². The molecule has 0 bridgehead atoms. The van der Waals surface area contributed by atoms with Crippen LogP contribution in [-0.2, 0) is 32.2 Å². The number of anilines is 2. The first-order valence-electron chi connectivity index (χ1n) is 15.6. The summed E-state index contributed by atoms with van der Waals surface area (Å²) in [5, 5.41) is 15.2. The van der Waals surface area contributed by atoms with Crippen molar-refractivity contribution in [1.82, 2.24) is 5.32 Å². The summed E-state index contributed by atoms with van der Waals surface area (Å²) in [6.45, 7) is 0.417. The monoisotopic (exact) mass is 639 g/mol. The zero-order valence-corrected chi connectivity index (χ0v) is 26.6. The fourth-order valence-corrected chi connectivity index (χ4v) is 6.15. The van der Waals surface area contributed by atoms with Crippen LogP contribution in [0.15, 0.2) is 108 Å². The zero-order chi connectivity index (χ0) is 32.1. The molecule has 2 amide bonds. The summed E-state index contributed by atoms with van der Waals surface area (Å²) >= 11 is 1.77. The summed E-state index contributed by atoms with van der Waals surface area (Å²) in [7, 11) is 0. The van der Waals surface area contributed by atoms with Crippen LogP contribution in [0.3, 0.4) is 0 Å². The first-order valence-corrected chi connectivity index (χ1v) is 16.6. The van der Waals surface area contributed by atoms with E-state index in [4.69, 9.17) is 15.2 Å².